The van der Waals surface area contributed by atoms with Crippen molar-refractivity contribution >= 4 is 29.1 Å². The van der Waals surface area contributed by atoms with Gasteiger partial charge in [-0.25, -0.2) is 0 Å². The highest BCUT2D eigenvalue weighted by atomic mass is 32.1. The highest BCUT2D eigenvalue weighted by Crippen LogP contribution is 2.26. The SMILES string of the molecule is CCCCCCCCCCCCCCC1=NNC(C=S)N1c1cccc(OC)c1. The third kappa shape index (κ3) is 8.33. The molecule has 0 radical (unpaired) electrons. The Bertz CT molecular complexity index is 620. The first-order valence-corrected chi connectivity index (χ1v) is 12.0. The normalized spacial score (nSPS) is 15.9. The Hall–Kier alpha value is -1.62. The highest BCUT2D eigenvalue weighted by molar-refractivity contribution is 7.79. The summed E-state index contributed by atoms with van der Waals surface area (Å²) in [7, 11) is 1.69. The van der Waals surface area contributed by atoms with Crippen molar-refractivity contribution in [3.8, 4) is 5.75 Å². The maximum atomic E-state index is 5.37. The third-order valence-corrected chi connectivity index (χ3v) is 5.85. The van der Waals surface area contributed by atoms with E-state index >= 15 is 0 Å². The van der Waals surface area contributed by atoms with Gasteiger partial charge in [0, 0.05) is 23.5 Å². The Balaban J connectivity index is 1.63. The molecule has 0 spiro atoms. The molecule has 0 aliphatic carbocycles. The summed E-state index contributed by atoms with van der Waals surface area (Å²) in [5, 5.41) is 6.28. The fraction of sp³-hybridized carbons (Fsp3) is 0.667. The van der Waals surface area contributed by atoms with Crippen LogP contribution < -0.4 is 15.1 Å². The first kappa shape index (κ1) is 23.7. The van der Waals surface area contributed by atoms with Gasteiger partial charge in [-0.1, -0.05) is 95.8 Å². The minimum Gasteiger partial charge on any atom is -0.497 e. The molecule has 0 saturated heterocycles. The zero-order chi connectivity index (χ0) is 20.7. The van der Waals surface area contributed by atoms with Crippen LogP contribution in [0.3, 0.4) is 0 Å². The van der Waals surface area contributed by atoms with Crippen LogP contribution in [-0.4, -0.2) is 24.5 Å². The molecule has 29 heavy (non-hydrogen) atoms. The van der Waals surface area contributed by atoms with Gasteiger partial charge in [-0.15, -0.1) is 0 Å². The van der Waals surface area contributed by atoms with Crippen molar-refractivity contribution in [3.05, 3.63) is 24.3 Å². The number of ether oxygens (including phenoxy) is 1. The van der Waals surface area contributed by atoms with Crippen molar-refractivity contribution in [2.45, 2.75) is 96.6 Å². The summed E-state index contributed by atoms with van der Waals surface area (Å²) < 4.78 is 5.37. The van der Waals surface area contributed by atoms with E-state index in [2.05, 4.69) is 28.4 Å². The monoisotopic (exact) mass is 417 g/mol. The van der Waals surface area contributed by atoms with Crippen LogP contribution in [0, 0.1) is 0 Å². The number of rotatable bonds is 16. The number of nitrogens with zero attached hydrogens (tertiary/aromatic N) is 2. The number of nitrogens with one attached hydrogen (secondary N) is 1. The van der Waals surface area contributed by atoms with E-state index in [4.69, 9.17) is 17.0 Å². The van der Waals surface area contributed by atoms with Gasteiger partial charge in [0.2, 0.25) is 0 Å². The number of methoxy groups -OCH3 is 1. The molecule has 1 heterocycles. The summed E-state index contributed by atoms with van der Waals surface area (Å²) in [6.45, 7) is 2.28. The summed E-state index contributed by atoms with van der Waals surface area (Å²) >= 11 is 5.20. The Morgan fingerprint density at radius 3 is 2.21 bits per heavy atom. The fourth-order valence-electron chi connectivity index (χ4n) is 3.87. The van der Waals surface area contributed by atoms with Crippen molar-refractivity contribution in [1.29, 1.82) is 0 Å². The molecule has 1 aliphatic heterocycles. The number of amidine groups is 1. The van der Waals surface area contributed by atoms with Crippen LogP contribution in [0.4, 0.5) is 5.69 Å². The molecule has 1 unspecified atom stereocenters. The summed E-state index contributed by atoms with van der Waals surface area (Å²) in [6.07, 6.45) is 17.3. The second kappa shape index (κ2) is 14.4. The summed E-state index contributed by atoms with van der Waals surface area (Å²) in [4.78, 5) is 2.19. The number of hydrogen-bond donors (Lipinski definition) is 1. The molecular formula is C24H39N3OS. The van der Waals surface area contributed by atoms with E-state index in [0.29, 0.717) is 0 Å². The summed E-state index contributed by atoms with van der Waals surface area (Å²) in [6, 6.07) is 8.09. The molecule has 2 rings (SSSR count). The number of benzene rings is 1. The summed E-state index contributed by atoms with van der Waals surface area (Å²) in [5.41, 5.74) is 4.22. The number of anilines is 1. The van der Waals surface area contributed by atoms with Crippen LogP contribution in [0.15, 0.2) is 29.4 Å². The molecule has 0 amide bonds. The van der Waals surface area contributed by atoms with Crippen molar-refractivity contribution in [1.82, 2.24) is 5.43 Å². The van der Waals surface area contributed by atoms with Gasteiger partial charge in [0.05, 0.1) is 7.11 Å². The smallest absolute Gasteiger partial charge is 0.150 e. The van der Waals surface area contributed by atoms with Crippen LogP contribution in [0.2, 0.25) is 0 Å². The van der Waals surface area contributed by atoms with Crippen molar-refractivity contribution in [3.63, 3.8) is 0 Å². The van der Waals surface area contributed by atoms with Gasteiger partial charge in [-0.3, -0.25) is 5.43 Å². The number of thiocarbonyl (C=S) groups is 1. The quantitative estimate of drug-likeness (QED) is 0.236. The molecule has 0 aromatic heterocycles. The Morgan fingerprint density at radius 1 is 1.00 bits per heavy atom. The molecule has 1 aliphatic rings. The van der Waals surface area contributed by atoms with Crippen molar-refractivity contribution < 1.29 is 4.74 Å². The zero-order valence-corrected chi connectivity index (χ0v) is 19.2. The van der Waals surface area contributed by atoms with Gasteiger partial charge >= 0.3 is 0 Å². The molecule has 0 saturated carbocycles. The van der Waals surface area contributed by atoms with Gasteiger partial charge in [0.15, 0.2) is 0 Å². The largest absolute Gasteiger partial charge is 0.497 e. The van der Waals surface area contributed by atoms with Crippen LogP contribution in [-0.2, 0) is 0 Å². The average molecular weight is 418 g/mol. The van der Waals surface area contributed by atoms with Crippen molar-refractivity contribution in [2.24, 2.45) is 5.10 Å². The molecule has 1 aromatic carbocycles. The van der Waals surface area contributed by atoms with E-state index in [0.717, 1.165) is 23.7 Å². The fourth-order valence-corrected chi connectivity index (χ4v) is 4.06. The second-order valence-electron chi connectivity index (χ2n) is 7.95. The highest BCUT2D eigenvalue weighted by Gasteiger charge is 2.27. The first-order valence-electron chi connectivity index (χ1n) is 11.5. The Kier molecular flexibility index (Phi) is 11.7. The predicted molar refractivity (Wildman–Crippen MR) is 129 cm³/mol. The molecule has 4 nitrogen and oxygen atoms in total. The van der Waals surface area contributed by atoms with Crippen molar-refractivity contribution in [2.75, 3.05) is 12.0 Å². The molecule has 1 N–H and O–H groups in total. The van der Waals surface area contributed by atoms with Crippen LogP contribution in [0.1, 0.15) is 90.4 Å². The van der Waals surface area contributed by atoms with E-state index in [-0.39, 0.29) is 6.17 Å². The van der Waals surface area contributed by atoms with Gasteiger partial charge < -0.3 is 9.64 Å². The minimum absolute atomic E-state index is 0.0653. The van der Waals surface area contributed by atoms with E-state index in [1.165, 1.54) is 77.0 Å². The van der Waals surface area contributed by atoms with Gasteiger partial charge in [0.25, 0.3) is 0 Å². The maximum absolute atomic E-state index is 5.37. The molecule has 0 fully saturated rings. The lowest BCUT2D eigenvalue weighted by Gasteiger charge is -2.25. The maximum Gasteiger partial charge on any atom is 0.150 e. The van der Waals surface area contributed by atoms with Gasteiger partial charge in [0.1, 0.15) is 17.8 Å². The van der Waals surface area contributed by atoms with E-state index in [1.54, 1.807) is 12.5 Å². The first-order chi connectivity index (χ1) is 14.3. The predicted octanol–water partition coefficient (Wildman–Crippen LogP) is 6.84. The van der Waals surface area contributed by atoms with E-state index in [9.17, 15) is 0 Å². The van der Waals surface area contributed by atoms with E-state index < -0.39 is 0 Å². The average Bonchev–Trinajstić information content (AvgIpc) is 3.17. The molecule has 5 heteroatoms. The number of hydrazone groups is 1. The lowest BCUT2D eigenvalue weighted by Crippen LogP contribution is -2.41. The van der Waals surface area contributed by atoms with Crippen LogP contribution in [0.5, 0.6) is 5.75 Å². The number of hydrogen-bond acceptors (Lipinski definition) is 5. The van der Waals surface area contributed by atoms with Gasteiger partial charge in [-0.2, -0.15) is 5.10 Å². The van der Waals surface area contributed by atoms with Gasteiger partial charge in [-0.05, 0) is 18.6 Å². The second-order valence-corrected chi connectivity index (χ2v) is 8.22. The standard InChI is InChI=1S/C24H39N3OS/c1-3-4-5-6-7-8-9-10-11-12-13-14-18-23-25-26-24(20-29)27(23)21-16-15-17-22(19-21)28-2/h15-17,19-20,24,26H,3-14,18H2,1-2H3. The third-order valence-electron chi connectivity index (χ3n) is 5.60. The molecule has 0 bridgehead atoms. The minimum atomic E-state index is -0.0653. The molecule has 1 atom stereocenters. The molecular weight excluding hydrogens is 378 g/mol. The number of unbranched alkanes of at least 4 members (excludes halogenated alkanes) is 11. The van der Waals surface area contributed by atoms with Crippen LogP contribution >= 0.6 is 12.2 Å². The van der Waals surface area contributed by atoms with E-state index in [1.807, 2.05) is 18.2 Å². The lowest BCUT2D eigenvalue weighted by atomic mass is 10.0. The molecule has 1 aromatic rings. The Labute approximate surface area is 183 Å². The molecule has 162 valence electrons. The zero-order valence-electron chi connectivity index (χ0n) is 18.4. The van der Waals surface area contributed by atoms with Crippen LogP contribution in [0.25, 0.3) is 0 Å². The topological polar surface area (TPSA) is 36.9 Å². The lowest BCUT2D eigenvalue weighted by molar-refractivity contribution is 0.415. The Morgan fingerprint density at radius 2 is 1.62 bits per heavy atom. The summed E-state index contributed by atoms with van der Waals surface area (Å²) in [5.74, 6) is 1.92.